The Kier molecular flexibility index (Phi) is 3.28. The lowest BCUT2D eigenvalue weighted by atomic mass is 10.1. The Morgan fingerprint density at radius 1 is 1.15 bits per heavy atom. The van der Waals surface area contributed by atoms with Crippen LogP contribution in [0.5, 0.6) is 0 Å². The van der Waals surface area contributed by atoms with Gasteiger partial charge in [-0.1, -0.05) is 48.0 Å². The van der Waals surface area contributed by atoms with E-state index >= 15 is 0 Å². The minimum atomic E-state index is -0.0771. The molecule has 1 heterocycles. The third-order valence-corrected chi connectivity index (χ3v) is 3.61. The molecule has 0 saturated heterocycles. The highest BCUT2D eigenvalue weighted by atomic mass is 35.5. The van der Waals surface area contributed by atoms with Gasteiger partial charge in [-0.2, -0.15) is 0 Å². The molecule has 2 aromatic rings. The molecule has 0 saturated carbocycles. The molecule has 3 nitrogen and oxygen atoms in total. The lowest BCUT2D eigenvalue weighted by molar-refractivity contribution is -0.117. The topological polar surface area (TPSA) is 37.4 Å². The molecule has 1 aliphatic heterocycles. The molecule has 3 rings (SSSR count). The van der Waals surface area contributed by atoms with Crippen molar-refractivity contribution in [1.82, 2.24) is 0 Å². The van der Waals surface area contributed by atoms with Gasteiger partial charge in [0.2, 0.25) is 5.91 Å². The second-order valence-corrected chi connectivity index (χ2v) is 5.16. The summed E-state index contributed by atoms with van der Waals surface area (Å²) < 4.78 is 0. The standard InChI is InChI=1S/C16H12ClNO2/c17-13-7-6-12-8-16(20)18(14(12)9-13)10-15(19)11-4-2-1-3-5-11/h1-7,9H,8,10H2. The number of ketones is 1. The van der Waals surface area contributed by atoms with Crippen molar-refractivity contribution in [1.29, 1.82) is 0 Å². The lowest BCUT2D eigenvalue weighted by Crippen LogP contribution is -2.32. The number of halogens is 1. The number of carbonyl (C=O) groups is 2. The van der Waals surface area contributed by atoms with Gasteiger partial charge in [0, 0.05) is 16.3 Å². The van der Waals surface area contributed by atoms with Crippen LogP contribution < -0.4 is 4.90 Å². The maximum atomic E-state index is 12.2. The first kappa shape index (κ1) is 12.9. The van der Waals surface area contributed by atoms with Crippen LogP contribution in [0, 0.1) is 0 Å². The van der Waals surface area contributed by atoms with Crippen LogP contribution >= 0.6 is 11.6 Å². The second-order valence-electron chi connectivity index (χ2n) is 4.72. The van der Waals surface area contributed by atoms with E-state index in [9.17, 15) is 9.59 Å². The quantitative estimate of drug-likeness (QED) is 0.813. The first-order chi connectivity index (χ1) is 9.65. The van der Waals surface area contributed by atoms with Crippen LogP contribution in [0.1, 0.15) is 15.9 Å². The molecule has 1 amide bonds. The third-order valence-electron chi connectivity index (χ3n) is 3.38. The Bertz CT molecular complexity index is 682. The zero-order valence-electron chi connectivity index (χ0n) is 10.7. The highest BCUT2D eigenvalue weighted by Crippen LogP contribution is 2.31. The van der Waals surface area contributed by atoms with E-state index in [1.807, 2.05) is 24.3 Å². The molecular weight excluding hydrogens is 274 g/mol. The Hall–Kier alpha value is -2.13. The van der Waals surface area contributed by atoms with Gasteiger partial charge in [0.15, 0.2) is 5.78 Å². The average Bonchev–Trinajstić information content (AvgIpc) is 2.76. The number of hydrogen-bond acceptors (Lipinski definition) is 2. The summed E-state index contributed by atoms with van der Waals surface area (Å²) in [5.41, 5.74) is 2.27. The van der Waals surface area contributed by atoms with Crippen molar-refractivity contribution in [2.24, 2.45) is 0 Å². The number of Topliss-reactive ketones (excluding diaryl/α,β-unsaturated/α-hetero) is 1. The Morgan fingerprint density at radius 2 is 1.90 bits per heavy atom. The van der Waals surface area contributed by atoms with Crippen LogP contribution in [0.25, 0.3) is 0 Å². The third kappa shape index (κ3) is 2.32. The highest BCUT2D eigenvalue weighted by Gasteiger charge is 2.29. The van der Waals surface area contributed by atoms with E-state index in [0.29, 0.717) is 17.0 Å². The van der Waals surface area contributed by atoms with E-state index in [4.69, 9.17) is 11.6 Å². The zero-order chi connectivity index (χ0) is 14.1. The summed E-state index contributed by atoms with van der Waals surface area (Å²) in [5.74, 6) is -0.140. The Balaban J connectivity index is 1.87. The molecule has 0 spiro atoms. The van der Waals surface area contributed by atoms with Gasteiger partial charge in [-0.15, -0.1) is 0 Å². The predicted octanol–water partition coefficient (Wildman–Crippen LogP) is 3.11. The van der Waals surface area contributed by atoms with Gasteiger partial charge >= 0.3 is 0 Å². The first-order valence-electron chi connectivity index (χ1n) is 6.32. The summed E-state index contributed by atoms with van der Waals surface area (Å²) in [6, 6.07) is 14.3. The lowest BCUT2D eigenvalue weighted by Gasteiger charge is -2.16. The monoisotopic (exact) mass is 285 g/mol. The van der Waals surface area contributed by atoms with Crippen LogP contribution in [0.4, 0.5) is 5.69 Å². The number of nitrogens with zero attached hydrogens (tertiary/aromatic N) is 1. The van der Waals surface area contributed by atoms with Gasteiger partial charge in [0.1, 0.15) is 0 Å². The SMILES string of the molecule is O=C(CN1C(=O)Cc2ccc(Cl)cc21)c1ccccc1. The summed E-state index contributed by atoms with van der Waals surface area (Å²) >= 11 is 5.97. The van der Waals surface area contributed by atoms with E-state index in [-0.39, 0.29) is 18.2 Å². The summed E-state index contributed by atoms with van der Waals surface area (Å²) in [4.78, 5) is 25.8. The zero-order valence-corrected chi connectivity index (χ0v) is 11.4. The summed E-state index contributed by atoms with van der Waals surface area (Å²) in [6.45, 7) is 0.0518. The number of amides is 1. The van der Waals surface area contributed by atoms with Crippen molar-refractivity contribution >= 4 is 29.0 Å². The van der Waals surface area contributed by atoms with Gasteiger partial charge in [-0.05, 0) is 17.7 Å². The fourth-order valence-corrected chi connectivity index (χ4v) is 2.53. The molecule has 20 heavy (non-hydrogen) atoms. The maximum Gasteiger partial charge on any atom is 0.231 e. The van der Waals surface area contributed by atoms with Gasteiger partial charge in [-0.3, -0.25) is 9.59 Å². The van der Waals surface area contributed by atoms with E-state index in [1.165, 1.54) is 4.90 Å². The average molecular weight is 286 g/mol. The first-order valence-corrected chi connectivity index (χ1v) is 6.70. The molecule has 2 aromatic carbocycles. The fraction of sp³-hybridized carbons (Fsp3) is 0.125. The van der Waals surface area contributed by atoms with Crippen LogP contribution in [0.3, 0.4) is 0 Å². The van der Waals surface area contributed by atoms with Gasteiger partial charge in [0.05, 0.1) is 13.0 Å². The molecule has 0 aliphatic carbocycles. The van der Waals surface area contributed by atoms with Gasteiger partial charge in [0.25, 0.3) is 0 Å². The number of rotatable bonds is 3. The fourth-order valence-electron chi connectivity index (χ4n) is 2.36. The molecule has 0 aromatic heterocycles. The summed E-state index contributed by atoms with van der Waals surface area (Å²) in [5, 5.41) is 0.565. The maximum absolute atomic E-state index is 12.2. The molecule has 0 radical (unpaired) electrons. The molecule has 4 heteroatoms. The molecular formula is C16H12ClNO2. The van der Waals surface area contributed by atoms with E-state index in [1.54, 1.807) is 24.3 Å². The Labute approximate surface area is 121 Å². The molecule has 0 atom stereocenters. The predicted molar refractivity (Wildman–Crippen MR) is 78.3 cm³/mol. The number of fused-ring (bicyclic) bond motifs is 1. The van der Waals surface area contributed by atoms with E-state index < -0.39 is 0 Å². The number of hydrogen-bond donors (Lipinski definition) is 0. The Morgan fingerprint density at radius 3 is 2.65 bits per heavy atom. The van der Waals surface area contributed by atoms with Gasteiger partial charge < -0.3 is 4.90 Å². The second kappa shape index (κ2) is 5.10. The molecule has 100 valence electrons. The van der Waals surface area contributed by atoms with Crippen LogP contribution in [-0.2, 0) is 11.2 Å². The van der Waals surface area contributed by atoms with Crippen LogP contribution in [0.2, 0.25) is 5.02 Å². The normalized spacial score (nSPS) is 13.4. The molecule has 0 bridgehead atoms. The number of anilines is 1. The van der Waals surface area contributed by atoms with Crippen molar-refractivity contribution in [2.75, 3.05) is 11.4 Å². The smallest absolute Gasteiger partial charge is 0.231 e. The largest absolute Gasteiger partial charge is 0.304 e. The minimum Gasteiger partial charge on any atom is -0.304 e. The van der Waals surface area contributed by atoms with Crippen molar-refractivity contribution in [3.63, 3.8) is 0 Å². The van der Waals surface area contributed by atoms with Crippen LogP contribution in [-0.4, -0.2) is 18.2 Å². The molecule has 1 aliphatic rings. The summed E-state index contributed by atoms with van der Waals surface area (Å²) in [7, 11) is 0. The minimum absolute atomic E-state index is 0.0518. The van der Waals surface area contributed by atoms with Crippen molar-refractivity contribution in [3.8, 4) is 0 Å². The number of benzene rings is 2. The highest BCUT2D eigenvalue weighted by molar-refractivity contribution is 6.31. The van der Waals surface area contributed by atoms with Crippen molar-refractivity contribution in [2.45, 2.75) is 6.42 Å². The molecule has 0 fully saturated rings. The van der Waals surface area contributed by atoms with Crippen molar-refractivity contribution in [3.05, 3.63) is 64.7 Å². The van der Waals surface area contributed by atoms with E-state index in [0.717, 1.165) is 11.3 Å². The van der Waals surface area contributed by atoms with Crippen molar-refractivity contribution < 1.29 is 9.59 Å². The molecule has 0 unspecified atom stereocenters. The van der Waals surface area contributed by atoms with Crippen LogP contribution in [0.15, 0.2) is 48.5 Å². The summed E-state index contributed by atoms with van der Waals surface area (Å²) in [6.07, 6.45) is 0.328. The van der Waals surface area contributed by atoms with Gasteiger partial charge in [-0.25, -0.2) is 0 Å². The van der Waals surface area contributed by atoms with E-state index in [2.05, 4.69) is 0 Å². The number of carbonyl (C=O) groups excluding carboxylic acids is 2. The molecule has 0 N–H and O–H groups in total.